The van der Waals surface area contributed by atoms with Crippen LogP contribution in [-0.2, 0) is 11.3 Å². The molecule has 1 aliphatic rings. The maximum absolute atomic E-state index is 5.86. The average Bonchev–Trinajstić information content (AvgIpc) is 2.61. The summed E-state index contributed by atoms with van der Waals surface area (Å²) in [6, 6.07) is 2.29. The molecular weight excluding hydrogens is 252 g/mol. The predicted octanol–water partition coefficient (Wildman–Crippen LogP) is 2.98. The Morgan fingerprint density at radius 2 is 2.10 bits per heavy atom. The Morgan fingerprint density at radius 1 is 1.30 bits per heavy atom. The third-order valence-electron chi connectivity index (χ3n) is 3.92. The van der Waals surface area contributed by atoms with Crippen LogP contribution in [0.1, 0.15) is 51.8 Å². The van der Waals surface area contributed by atoms with E-state index in [2.05, 4.69) is 22.2 Å². The number of rotatable bonds is 5. The lowest BCUT2D eigenvalue weighted by atomic mass is 9.97. The molecule has 0 radical (unpaired) electrons. The van der Waals surface area contributed by atoms with Crippen LogP contribution in [0, 0.1) is 5.92 Å². The Morgan fingerprint density at radius 3 is 2.90 bits per heavy atom. The summed E-state index contributed by atoms with van der Waals surface area (Å²) in [4.78, 5) is 8.71. The summed E-state index contributed by atoms with van der Waals surface area (Å²) in [7, 11) is 0. The van der Waals surface area contributed by atoms with Crippen molar-refractivity contribution < 1.29 is 4.74 Å². The third-order valence-corrected chi connectivity index (χ3v) is 3.92. The Hall–Kier alpha value is -1.36. The van der Waals surface area contributed by atoms with Crippen LogP contribution in [0.2, 0.25) is 0 Å². The Bertz CT molecular complexity index is 424. The van der Waals surface area contributed by atoms with Crippen molar-refractivity contribution in [2.45, 2.75) is 58.6 Å². The van der Waals surface area contributed by atoms with Crippen LogP contribution >= 0.6 is 0 Å². The highest BCUT2D eigenvalue weighted by atomic mass is 16.5. The van der Waals surface area contributed by atoms with E-state index in [0.29, 0.717) is 36.8 Å². The molecule has 0 amide bonds. The molecule has 1 aromatic heterocycles. The Labute approximate surface area is 121 Å². The quantitative estimate of drug-likeness (QED) is 0.810. The minimum Gasteiger partial charge on any atom is -0.384 e. The van der Waals surface area contributed by atoms with Gasteiger partial charge in [-0.15, -0.1) is 0 Å². The SMILES string of the molecule is CCOCc1nc(N)cc(NC2CCCCCC2C)n1. The van der Waals surface area contributed by atoms with Gasteiger partial charge >= 0.3 is 0 Å². The van der Waals surface area contributed by atoms with Gasteiger partial charge in [0, 0.05) is 18.7 Å². The van der Waals surface area contributed by atoms with Crippen molar-refractivity contribution in [2.75, 3.05) is 17.7 Å². The molecule has 3 N–H and O–H groups in total. The van der Waals surface area contributed by atoms with Crippen molar-refractivity contribution >= 4 is 11.6 Å². The van der Waals surface area contributed by atoms with Gasteiger partial charge in [-0.2, -0.15) is 0 Å². The molecule has 2 unspecified atom stereocenters. The number of nitrogens with zero attached hydrogens (tertiary/aromatic N) is 2. The molecule has 20 heavy (non-hydrogen) atoms. The fourth-order valence-electron chi connectivity index (χ4n) is 2.75. The molecule has 1 aromatic rings. The molecule has 0 bridgehead atoms. The molecule has 5 heteroatoms. The van der Waals surface area contributed by atoms with Gasteiger partial charge in [-0.3, -0.25) is 0 Å². The summed E-state index contributed by atoms with van der Waals surface area (Å²) in [5.74, 6) is 2.64. The zero-order chi connectivity index (χ0) is 14.4. The van der Waals surface area contributed by atoms with Crippen molar-refractivity contribution in [3.05, 3.63) is 11.9 Å². The summed E-state index contributed by atoms with van der Waals surface area (Å²) >= 11 is 0. The second-order valence-corrected chi connectivity index (χ2v) is 5.60. The van der Waals surface area contributed by atoms with E-state index in [0.717, 1.165) is 5.82 Å². The standard InChI is InChI=1S/C15H26N4O/c1-3-20-10-15-18-13(16)9-14(19-15)17-12-8-6-4-5-7-11(12)2/h9,11-12H,3-8,10H2,1-2H3,(H3,16,17,18,19). The second kappa shape index (κ2) is 7.43. The van der Waals surface area contributed by atoms with E-state index in [1.807, 2.05) is 13.0 Å². The Kier molecular flexibility index (Phi) is 5.59. The molecule has 0 aliphatic heterocycles. The van der Waals surface area contributed by atoms with E-state index in [4.69, 9.17) is 10.5 Å². The fourth-order valence-corrected chi connectivity index (χ4v) is 2.75. The summed E-state index contributed by atoms with van der Waals surface area (Å²) in [5, 5.41) is 3.54. The molecule has 0 spiro atoms. The van der Waals surface area contributed by atoms with Crippen LogP contribution in [0.15, 0.2) is 6.07 Å². The van der Waals surface area contributed by atoms with E-state index in [9.17, 15) is 0 Å². The molecule has 2 rings (SSSR count). The number of nitrogen functional groups attached to an aromatic ring is 1. The summed E-state index contributed by atoms with van der Waals surface area (Å²) in [5.41, 5.74) is 5.86. The van der Waals surface area contributed by atoms with Gasteiger partial charge in [0.25, 0.3) is 0 Å². The van der Waals surface area contributed by atoms with Crippen molar-refractivity contribution in [2.24, 2.45) is 5.92 Å². The summed E-state index contributed by atoms with van der Waals surface area (Å²) in [6.45, 7) is 5.34. The highest BCUT2D eigenvalue weighted by Gasteiger charge is 2.20. The van der Waals surface area contributed by atoms with E-state index < -0.39 is 0 Å². The fraction of sp³-hybridized carbons (Fsp3) is 0.733. The van der Waals surface area contributed by atoms with Crippen molar-refractivity contribution in [1.29, 1.82) is 0 Å². The highest BCUT2D eigenvalue weighted by molar-refractivity contribution is 5.45. The lowest BCUT2D eigenvalue weighted by Gasteiger charge is -2.23. The summed E-state index contributed by atoms with van der Waals surface area (Å²) in [6.07, 6.45) is 6.44. The molecule has 5 nitrogen and oxygen atoms in total. The van der Waals surface area contributed by atoms with E-state index in [-0.39, 0.29) is 0 Å². The number of nitrogens with one attached hydrogen (secondary N) is 1. The van der Waals surface area contributed by atoms with E-state index in [1.165, 1.54) is 32.1 Å². The number of hydrogen-bond acceptors (Lipinski definition) is 5. The lowest BCUT2D eigenvalue weighted by Crippen LogP contribution is -2.27. The van der Waals surface area contributed by atoms with Gasteiger partial charge in [-0.05, 0) is 25.7 Å². The molecule has 0 saturated heterocycles. The lowest BCUT2D eigenvalue weighted by molar-refractivity contribution is 0.128. The zero-order valence-corrected chi connectivity index (χ0v) is 12.6. The van der Waals surface area contributed by atoms with Crippen LogP contribution < -0.4 is 11.1 Å². The van der Waals surface area contributed by atoms with Gasteiger partial charge < -0.3 is 15.8 Å². The first-order valence-corrected chi connectivity index (χ1v) is 7.66. The molecule has 0 aromatic carbocycles. The van der Waals surface area contributed by atoms with Gasteiger partial charge in [-0.1, -0.05) is 26.2 Å². The minimum atomic E-state index is 0.413. The average molecular weight is 278 g/mol. The van der Waals surface area contributed by atoms with Gasteiger partial charge in [0.05, 0.1) is 0 Å². The molecule has 2 atom stereocenters. The zero-order valence-electron chi connectivity index (χ0n) is 12.6. The number of anilines is 2. The van der Waals surface area contributed by atoms with Crippen LogP contribution in [0.5, 0.6) is 0 Å². The first-order valence-electron chi connectivity index (χ1n) is 7.66. The van der Waals surface area contributed by atoms with Crippen LogP contribution in [0.4, 0.5) is 11.6 Å². The van der Waals surface area contributed by atoms with Crippen molar-refractivity contribution in [1.82, 2.24) is 9.97 Å². The van der Waals surface area contributed by atoms with Crippen molar-refractivity contribution in [3.8, 4) is 0 Å². The van der Waals surface area contributed by atoms with Gasteiger partial charge in [0.1, 0.15) is 18.2 Å². The Balaban J connectivity index is 2.05. The van der Waals surface area contributed by atoms with Crippen molar-refractivity contribution in [3.63, 3.8) is 0 Å². The number of nitrogens with two attached hydrogens (primary N) is 1. The van der Waals surface area contributed by atoms with Gasteiger partial charge in [0.2, 0.25) is 0 Å². The predicted molar refractivity (Wildman–Crippen MR) is 81.4 cm³/mol. The topological polar surface area (TPSA) is 73.1 Å². The number of ether oxygens (including phenoxy) is 1. The van der Waals surface area contributed by atoms with Crippen LogP contribution in [0.3, 0.4) is 0 Å². The molecule has 112 valence electrons. The highest BCUT2D eigenvalue weighted by Crippen LogP contribution is 2.25. The first kappa shape index (κ1) is 15.0. The summed E-state index contributed by atoms with van der Waals surface area (Å²) < 4.78 is 5.35. The molecular formula is C15H26N4O. The first-order chi connectivity index (χ1) is 9.69. The maximum atomic E-state index is 5.86. The van der Waals surface area contributed by atoms with E-state index in [1.54, 1.807) is 0 Å². The maximum Gasteiger partial charge on any atom is 0.158 e. The van der Waals surface area contributed by atoms with Crippen LogP contribution in [0.25, 0.3) is 0 Å². The van der Waals surface area contributed by atoms with Crippen LogP contribution in [-0.4, -0.2) is 22.6 Å². The van der Waals surface area contributed by atoms with E-state index >= 15 is 0 Å². The molecule has 1 aliphatic carbocycles. The van der Waals surface area contributed by atoms with Gasteiger partial charge in [0.15, 0.2) is 5.82 Å². The minimum absolute atomic E-state index is 0.413. The molecule has 1 fully saturated rings. The number of hydrogen-bond donors (Lipinski definition) is 2. The smallest absolute Gasteiger partial charge is 0.158 e. The monoisotopic (exact) mass is 278 g/mol. The molecule has 1 heterocycles. The third kappa shape index (κ3) is 4.34. The largest absolute Gasteiger partial charge is 0.384 e. The number of aromatic nitrogens is 2. The van der Waals surface area contributed by atoms with Gasteiger partial charge in [-0.25, -0.2) is 9.97 Å². The molecule has 1 saturated carbocycles. The second-order valence-electron chi connectivity index (χ2n) is 5.60. The normalized spacial score (nSPS) is 23.3.